The third-order valence-electron chi connectivity index (χ3n) is 1.43. The van der Waals surface area contributed by atoms with Crippen LogP contribution in [-0.4, -0.2) is 4.98 Å². The van der Waals surface area contributed by atoms with Gasteiger partial charge in [-0.15, -0.1) is 0 Å². The Morgan fingerprint density at radius 2 is 2.36 bits per heavy atom. The van der Waals surface area contributed by atoms with E-state index < -0.39 is 0 Å². The zero-order valence-corrected chi connectivity index (χ0v) is 7.23. The molecule has 0 radical (unpaired) electrons. The van der Waals surface area contributed by atoms with Gasteiger partial charge in [-0.25, -0.2) is 0 Å². The van der Waals surface area contributed by atoms with Gasteiger partial charge in [0.15, 0.2) is 0 Å². The molecular formula is C8H11ClN2. The van der Waals surface area contributed by atoms with Crippen molar-refractivity contribution in [2.45, 2.75) is 19.8 Å². The van der Waals surface area contributed by atoms with Crippen LogP contribution in [0.1, 0.15) is 19.0 Å². The average Bonchev–Trinajstić information content (AvgIpc) is 1.95. The smallest absolute Gasteiger partial charge is 0.0641 e. The highest BCUT2D eigenvalue weighted by Gasteiger charge is 1.99. The van der Waals surface area contributed by atoms with Crippen molar-refractivity contribution in [1.29, 1.82) is 0 Å². The normalized spacial score (nSPS) is 10.0. The van der Waals surface area contributed by atoms with Crippen LogP contribution in [0.5, 0.6) is 0 Å². The molecule has 0 unspecified atom stereocenters. The number of anilines is 1. The Labute approximate surface area is 71.4 Å². The van der Waals surface area contributed by atoms with Gasteiger partial charge in [0.2, 0.25) is 0 Å². The molecule has 1 aromatic heterocycles. The molecule has 2 nitrogen and oxygen atoms in total. The average molecular weight is 171 g/mol. The van der Waals surface area contributed by atoms with E-state index in [9.17, 15) is 0 Å². The monoisotopic (exact) mass is 170 g/mol. The lowest BCUT2D eigenvalue weighted by Crippen LogP contribution is -1.93. The van der Waals surface area contributed by atoms with Gasteiger partial charge < -0.3 is 5.73 Å². The number of nitrogen functional groups attached to an aromatic ring is 1. The van der Waals surface area contributed by atoms with Crippen LogP contribution in [0.25, 0.3) is 0 Å². The van der Waals surface area contributed by atoms with E-state index in [0.717, 1.165) is 18.5 Å². The van der Waals surface area contributed by atoms with Crippen LogP contribution >= 0.6 is 11.6 Å². The van der Waals surface area contributed by atoms with Crippen molar-refractivity contribution in [2.75, 3.05) is 5.73 Å². The second-order valence-electron chi connectivity index (χ2n) is 2.45. The number of aromatic nitrogens is 1. The number of aryl methyl sites for hydroxylation is 1. The Balaban J connectivity index is 2.90. The van der Waals surface area contributed by atoms with Gasteiger partial charge in [0.05, 0.1) is 22.6 Å². The lowest BCUT2D eigenvalue weighted by atomic mass is 10.2. The predicted molar refractivity (Wildman–Crippen MR) is 47.7 cm³/mol. The first kappa shape index (κ1) is 8.34. The Bertz CT molecular complexity index is 248. The minimum absolute atomic E-state index is 0.620. The van der Waals surface area contributed by atoms with E-state index in [4.69, 9.17) is 17.3 Å². The van der Waals surface area contributed by atoms with Gasteiger partial charge in [-0.2, -0.15) is 0 Å². The number of halogens is 1. The Morgan fingerprint density at radius 3 is 2.91 bits per heavy atom. The maximum atomic E-state index is 5.87. The van der Waals surface area contributed by atoms with Crippen LogP contribution < -0.4 is 5.73 Å². The standard InChI is InChI=1S/C8H11ClN2/c1-2-3-8-7(9)4-6(10)5-11-8/h4-5H,2-3,10H2,1H3. The number of hydrogen-bond donors (Lipinski definition) is 1. The van der Waals surface area contributed by atoms with E-state index in [1.807, 2.05) is 0 Å². The quantitative estimate of drug-likeness (QED) is 0.740. The summed E-state index contributed by atoms with van der Waals surface area (Å²) in [6.45, 7) is 2.09. The van der Waals surface area contributed by atoms with Gasteiger partial charge in [-0.1, -0.05) is 24.9 Å². The highest BCUT2D eigenvalue weighted by Crippen LogP contribution is 2.17. The molecule has 1 heterocycles. The van der Waals surface area contributed by atoms with Gasteiger partial charge >= 0.3 is 0 Å². The van der Waals surface area contributed by atoms with E-state index in [0.29, 0.717) is 10.7 Å². The molecular weight excluding hydrogens is 160 g/mol. The number of rotatable bonds is 2. The largest absolute Gasteiger partial charge is 0.397 e. The fraction of sp³-hybridized carbons (Fsp3) is 0.375. The molecule has 1 rings (SSSR count). The third kappa shape index (κ3) is 2.09. The van der Waals surface area contributed by atoms with Crippen LogP contribution in [-0.2, 0) is 6.42 Å². The molecule has 0 spiro atoms. The van der Waals surface area contributed by atoms with Crippen molar-refractivity contribution < 1.29 is 0 Å². The second-order valence-corrected chi connectivity index (χ2v) is 2.85. The van der Waals surface area contributed by atoms with Crippen LogP contribution in [0.4, 0.5) is 5.69 Å². The molecule has 0 saturated carbocycles. The van der Waals surface area contributed by atoms with E-state index in [-0.39, 0.29) is 0 Å². The fourth-order valence-corrected chi connectivity index (χ4v) is 1.17. The van der Waals surface area contributed by atoms with E-state index in [1.165, 1.54) is 0 Å². The van der Waals surface area contributed by atoms with Crippen molar-refractivity contribution in [2.24, 2.45) is 0 Å². The van der Waals surface area contributed by atoms with Crippen LogP contribution in [0.3, 0.4) is 0 Å². The van der Waals surface area contributed by atoms with Crippen molar-refractivity contribution in [1.82, 2.24) is 4.98 Å². The van der Waals surface area contributed by atoms with Crippen molar-refractivity contribution in [3.63, 3.8) is 0 Å². The van der Waals surface area contributed by atoms with Gasteiger partial charge in [0.1, 0.15) is 0 Å². The first-order chi connectivity index (χ1) is 5.24. The minimum Gasteiger partial charge on any atom is -0.397 e. The van der Waals surface area contributed by atoms with Crippen LogP contribution in [0.15, 0.2) is 12.3 Å². The summed E-state index contributed by atoms with van der Waals surface area (Å²) in [7, 11) is 0. The van der Waals surface area contributed by atoms with Gasteiger partial charge in [0.25, 0.3) is 0 Å². The van der Waals surface area contributed by atoms with Crippen molar-refractivity contribution in [3.8, 4) is 0 Å². The molecule has 0 saturated heterocycles. The van der Waals surface area contributed by atoms with Gasteiger partial charge in [0, 0.05) is 0 Å². The Kier molecular flexibility index (Phi) is 2.71. The molecule has 0 aliphatic rings. The summed E-state index contributed by atoms with van der Waals surface area (Å²) in [6.07, 6.45) is 3.60. The number of nitrogens with two attached hydrogens (primary N) is 1. The van der Waals surface area contributed by atoms with Gasteiger partial charge in [-0.05, 0) is 12.5 Å². The molecule has 0 bridgehead atoms. The number of pyridine rings is 1. The van der Waals surface area contributed by atoms with Gasteiger partial charge in [-0.3, -0.25) is 4.98 Å². The first-order valence-corrected chi connectivity index (χ1v) is 4.01. The summed E-state index contributed by atoms with van der Waals surface area (Å²) in [5.41, 5.74) is 7.03. The molecule has 0 aromatic carbocycles. The maximum Gasteiger partial charge on any atom is 0.0641 e. The number of hydrogen-bond acceptors (Lipinski definition) is 2. The molecule has 0 amide bonds. The summed E-state index contributed by atoms with van der Waals surface area (Å²) in [6, 6.07) is 1.74. The Morgan fingerprint density at radius 1 is 1.64 bits per heavy atom. The van der Waals surface area contributed by atoms with Crippen molar-refractivity contribution in [3.05, 3.63) is 23.0 Å². The maximum absolute atomic E-state index is 5.87. The summed E-state index contributed by atoms with van der Waals surface area (Å²) in [5.74, 6) is 0. The molecule has 60 valence electrons. The van der Waals surface area contributed by atoms with E-state index in [1.54, 1.807) is 12.3 Å². The molecule has 0 aliphatic heterocycles. The highest BCUT2D eigenvalue weighted by molar-refractivity contribution is 6.31. The van der Waals surface area contributed by atoms with Crippen LogP contribution in [0.2, 0.25) is 5.02 Å². The topological polar surface area (TPSA) is 38.9 Å². The lowest BCUT2D eigenvalue weighted by Gasteiger charge is -2.00. The minimum atomic E-state index is 0.620. The predicted octanol–water partition coefficient (Wildman–Crippen LogP) is 2.27. The second kappa shape index (κ2) is 3.58. The number of nitrogens with zero attached hydrogens (tertiary/aromatic N) is 1. The molecule has 11 heavy (non-hydrogen) atoms. The zero-order valence-electron chi connectivity index (χ0n) is 6.47. The molecule has 0 atom stereocenters. The molecule has 1 aromatic rings. The van der Waals surface area contributed by atoms with E-state index in [2.05, 4.69) is 11.9 Å². The van der Waals surface area contributed by atoms with E-state index >= 15 is 0 Å². The fourth-order valence-electron chi connectivity index (χ4n) is 0.902. The zero-order chi connectivity index (χ0) is 8.27. The molecule has 0 fully saturated rings. The van der Waals surface area contributed by atoms with Crippen molar-refractivity contribution >= 4 is 17.3 Å². The molecule has 2 N–H and O–H groups in total. The summed E-state index contributed by atoms with van der Waals surface area (Å²) < 4.78 is 0. The first-order valence-electron chi connectivity index (χ1n) is 3.64. The lowest BCUT2D eigenvalue weighted by molar-refractivity contribution is 0.883. The summed E-state index contributed by atoms with van der Waals surface area (Å²) in [4.78, 5) is 4.11. The highest BCUT2D eigenvalue weighted by atomic mass is 35.5. The third-order valence-corrected chi connectivity index (χ3v) is 1.75. The Hall–Kier alpha value is -0.760. The summed E-state index contributed by atoms with van der Waals surface area (Å²) >= 11 is 5.87. The molecule has 0 aliphatic carbocycles. The molecule has 3 heteroatoms. The summed E-state index contributed by atoms with van der Waals surface area (Å²) in [5, 5.41) is 0.673. The SMILES string of the molecule is CCCc1ncc(N)cc1Cl. The van der Waals surface area contributed by atoms with Crippen LogP contribution in [0, 0.1) is 0 Å².